The molecule has 8 nitrogen and oxygen atoms in total. The van der Waals surface area contributed by atoms with E-state index in [9.17, 15) is 4.79 Å². The van der Waals surface area contributed by atoms with Crippen LogP contribution in [0.25, 0.3) is 10.2 Å². The summed E-state index contributed by atoms with van der Waals surface area (Å²) in [5.41, 5.74) is 1.17. The van der Waals surface area contributed by atoms with Crippen molar-refractivity contribution in [1.82, 2.24) is 15.3 Å². The molecule has 1 aliphatic heterocycles. The first-order valence-electron chi connectivity index (χ1n) is 10.1. The zero-order chi connectivity index (χ0) is 21.9. The Morgan fingerprint density at radius 2 is 2.00 bits per heavy atom. The van der Waals surface area contributed by atoms with Gasteiger partial charge in [-0.05, 0) is 30.3 Å². The van der Waals surface area contributed by atoms with Crippen molar-refractivity contribution in [2.24, 2.45) is 0 Å². The number of hydrogen-bond donors (Lipinski definition) is 2. The molecule has 0 radical (unpaired) electrons. The first kappa shape index (κ1) is 20.1. The number of benzene rings is 2. The van der Waals surface area contributed by atoms with Crippen LogP contribution in [0.3, 0.4) is 0 Å². The number of anilines is 1. The first-order valence-corrected chi connectivity index (χ1v) is 10.9. The van der Waals surface area contributed by atoms with E-state index in [1.807, 2.05) is 42.5 Å². The Labute approximate surface area is 188 Å². The largest absolute Gasteiger partial charge is 0.486 e. The van der Waals surface area contributed by atoms with Crippen LogP contribution in [0, 0.1) is 0 Å². The van der Waals surface area contributed by atoms with Crippen LogP contribution in [0.2, 0.25) is 0 Å². The molecule has 1 unspecified atom stereocenters. The second-order valence-electron chi connectivity index (χ2n) is 7.09. The van der Waals surface area contributed by atoms with Gasteiger partial charge in [-0.2, -0.15) is 0 Å². The number of fused-ring (bicyclic) bond motifs is 2. The number of aromatic nitrogens is 2. The minimum Gasteiger partial charge on any atom is -0.486 e. The van der Waals surface area contributed by atoms with Gasteiger partial charge in [-0.1, -0.05) is 23.5 Å². The Hall–Kier alpha value is -3.85. The monoisotopic (exact) mass is 448 g/mol. The van der Waals surface area contributed by atoms with E-state index in [-0.39, 0.29) is 12.0 Å². The second-order valence-corrected chi connectivity index (χ2v) is 8.12. The van der Waals surface area contributed by atoms with Gasteiger partial charge in [0.1, 0.15) is 29.9 Å². The number of hydrogen-bond acceptors (Lipinski definition) is 8. The molecule has 0 fully saturated rings. The van der Waals surface area contributed by atoms with Crippen LogP contribution >= 0.6 is 11.3 Å². The van der Waals surface area contributed by atoms with Crippen molar-refractivity contribution in [3.8, 4) is 23.0 Å². The highest BCUT2D eigenvalue weighted by molar-refractivity contribution is 7.22. The lowest BCUT2D eigenvalue weighted by Crippen LogP contribution is -2.35. The maximum atomic E-state index is 11.8. The molecule has 9 heteroatoms. The summed E-state index contributed by atoms with van der Waals surface area (Å²) >= 11 is 1.53. The maximum Gasteiger partial charge on any atom is 0.269 e. The maximum absolute atomic E-state index is 11.8. The highest BCUT2D eigenvalue weighted by Crippen LogP contribution is 2.33. The minimum atomic E-state index is -0.264. The lowest BCUT2D eigenvalue weighted by atomic mass is 10.2. The number of pyridine rings is 1. The van der Waals surface area contributed by atoms with Crippen LogP contribution in [0.4, 0.5) is 5.13 Å². The number of ether oxygens (including phenoxy) is 3. The third-order valence-corrected chi connectivity index (χ3v) is 5.81. The number of carbonyl (C=O) groups is 1. The lowest BCUT2D eigenvalue weighted by Gasteiger charge is -2.26. The van der Waals surface area contributed by atoms with Gasteiger partial charge in [-0.3, -0.25) is 9.78 Å². The van der Waals surface area contributed by atoms with Crippen molar-refractivity contribution in [2.75, 3.05) is 25.5 Å². The highest BCUT2D eigenvalue weighted by Gasteiger charge is 2.20. The van der Waals surface area contributed by atoms with Gasteiger partial charge >= 0.3 is 0 Å². The lowest BCUT2D eigenvalue weighted by molar-refractivity contribution is 0.0958. The summed E-state index contributed by atoms with van der Waals surface area (Å²) in [6, 6.07) is 16.7. The molecule has 2 aromatic heterocycles. The van der Waals surface area contributed by atoms with Crippen molar-refractivity contribution in [1.29, 1.82) is 0 Å². The number of amides is 1. The van der Waals surface area contributed by atoms with Crippen LogP contribution < -0.4 is 24.8 Å². The molecule has 0 spiro atoms. The topological polar surface area (TPSA) is 94.6 Å². The molecule has 0 saturated carbocycles. The molecule has 1 atom stereocenters. The fourth-order valence-corrected chi connectivity index (χ4v) is 4.17. The summed E-state index contributed by atoms with van der Waals surface area (Å²) in [6.45, 7) is 1.06. The van der Waals surface area contributed by atoms with Gasteiger partial charge in [0.15, 0.2) is 16.6 Å². The van der Waals surface area contributed by atoms with E-state index in [0.29, 0.717) is 30.3 Å². The van der Waals surface area contributed by atoms with E-state index in [1.165, 1.54) is 11.3 Å². The third kappa shape index (κ3) is 4.28. The number of rotatable bonds is 6. The molecule has 2 aromatic carbocycles. The Morgan fingerprint density at radius 1 is 1.16 bits per heavy atom. The average Bonchev–Trinajstić information content (AvgIpc) is 3.24. The van der Waals surface area contributed by atoms with Crippen LogP contribution in [-0.2, 0) is 0 Å². The molecular formula is C23H20N4O4S. The predicted molar refractivity (Wildman–Crippen MR) is 122 cm³/mol. The normalized spacial score (nSPS) is 14.7. The molecule has 3 heterocycles. The predicted octanol–water partition coefficient (Wildman–Crippen LogP) is 4.10. The van der Waals surface area contributed by atoms with Crippen LogP contribution in [0.1, 0.15) is 10.5 Å². The zero-order valence-corrected chi connectivity index (χ0v) is 18.0. The number of nitrogens with zero attached hydrogens (tertiary/aromatic N) is 2. The Morgan fingerprint density at radius 3 is 2.88 bits per heavy atom. The van der Waals surface area contributed by atoms with E-state index >= 15 is 0 Å². The number of carbonyl (C=O) groups excluding carboxylic acids is 1. The Kier molecular flexibility index (Phi) is 5.47. The molecular weight excluding hydrogens is 428 g/mol. The van der Waals surface area contributed by atoms with Crippen molar-refractivity contribution in [3.63, 3.8) is 0 Å². The van der Waals surface area contributed by atoms with Gasteiger partial charge in [0.05, 0.1) is 16.8 Å². The SMILES string of the molecule is CNC(=O)c1cc(Oc2ccc3nc(NCC4COc5ccccc5O4)sc3c2)ccn1. The Bertz CT molecular complexity index is 1280. The van der Waals surface area contributed by atoms with E-state index < -0.39 is 0 Å². The second kappa shape index (κ2) is 8.72. The van der Waals surface area contributed by atoms with E-state index in [1.54, 1.807) is 25.4 Å². The molecule has 0 bridgehead atoms. The van der Waals surface area contributed by atoms with E-state index in [4.69, 9.17) is 14.2 Å². The quantitative estimate of drug-likeness (QED) is 0.459. The fourth-order valence-electron chi connectivity index (χ4n) is 3.27. The van der Waals surface area contributed by atoms with Gasteiger partial charge in [0.2, 0.25) is 0 Å². The van der Waals surface area contributed by atoms with Crippen molar-refractivity contribution >= 4 is 32.6 Å². The summed E-state index contributed by atoms with van der Waals surface area (Å²) in [5, 5.41) is 6.69. The number of nitrogens with one attached hydrogen (secondary N) is 2. The summed E-state index contributed by atoms with van der Waals surface area (Å²) in [5.74, 6) is 2.46. The molecule has 0 aliphatic carbocycles. The van der Waals surface area contributed by atoms with Gasteiger partial charge in [-0.25, -0.2) is 4.98 Å². The van der Waals surface area contributed by atoms with Crippen molar-refractivity contribution in [2.45, 2.75) is 6.10 Å². The number of thiazole rings is 1. The van der Waals surface area contributed by atoms with Crippen LogP contribution in [0.15, 0.2) is 60.8 Å². The first-order chi connectivity index (χ1) is 15.7. The molecule has 2 N–H and O–H groups in total. The molecule has 32 heavy (non-hydrogen) atoms. The van der Waals surface area contributed by atoms with Gasteiger partial charge in [0, 0.05) is 25.4 Å². The zero-order valence-electron chi connectivity index (χ0n) is 17.2. The smallest absolute Gasteiger partial charge is 0.269 e. The summed E-state index contributed by atoms with van der Waals surface area (Å²) in [7, 11) is 1.56. The van der Waals surface area contributed by atoms with Gasteiger partial charge in [-0.15, -0.1) is 0 Å². The molecule has 0 saturated heterocycles. The standard InChI is InChI=1S/C23H20N4O4S/c1-24-22(28)18-10-15(8-9-25-18)30-14-6-7-17-21(11-14)32-23(27-17)26-12-16-13-29-19-4-2-3-5-20(19)31-16/h2-11,16H,12-13H2,1H3,(H,24,28)(H,26,27). The molecule has 1 amide bonds. The van der Waals surface area contributed by atoms with Crippen LogP contribution in [0.5, 0.6) is 23.0 Å². The summed E-state index contributed by atoms with van der Waals surface area (Å²) in [4.78, 5) is 20.5. The van der Waals surface area contributed by atoms with Gasteiger partial charge < -0.3 is 24.8 Å². The third-order valence-electron chi connectivity index (χ3n) is 4.84. The Balaban J connectivity index is 1.25. The van der Waals surface area contributed by atoms with E-state index in [2.05, 4.69) is 20.6 Å². The van der Waals surface area contributed by atoms with Crippen molar-refractivity contribution < 1.29 is 19.0 Å². The van der Waals surface area contributed by atoms with Gasteiger partial charge in [0.25, 0.3) is 5.91 Å². The van der Waals surface area contributed by atoms with E-state index in [0.717, 1.165) is 26.8 Å². The fraction of sp³-hybridized carbons (Fsp3) is 0.174. The molecule has 4 aromatic rings. The summed E-state index contributed by atoms with van der Waals surface area (Å²) in [6.07, 6.45) is 1.44. The van der Waals surface area contributed by atoms with Crippen molar-refractivity contribution in [3.05, 3.63) is 66.5 Å². The summed E-state index contributed by atoms with van der Waals surface area (Å²) < 4.78 is 18.6. The molecule has 1 aliphatic rings. The number of para-hydroxylation sites is 2. The average molecular weight is 449 g/mol. The molecule has 5 rings (SSSR count). The minimum absolute atomic E-state index is 0.1000. The molecule has 162 valence electrons. The van der Waals surface area contributed by atoms with Crippen LogP contribution in [-0.4, -0.2) is 42.2 Å². The highest BCUT2D eigenvalue weighted by atomic mass is 32.1.